The van der Waals surface area contributed by atoms with Gasteiger partial charge in [-0.15, -0.1) is 0 Å². The molecule has 1 saturated heterocycles. The van der Waals surface area contributed by atoms with Crippen molar-refractivity contribution in [3.63, 3.8) is 0 Å². The topological polar surface area (TPSA) is 99.3 Å². The Morgan fingerprint density at radius 2 is 1.72 bits per heavy atom. The maximum atomic E-state index is 4.95. The minimum absolute atomic E-state index is 0.706. The van der Waals surface area contributed by atoms with Crippen molar-refractivity contribution >= 4 is 22.1 Å². The van der Waals surface area contributed by atoms with Gasteiger partial charge in [-0.25, -0.2) is 9.97 Å². The van der Waals surface area contributed by atoms with Gasteiger partial charge in [0.15, 0.2) is 11.5 Å². The Bertz CT molecular complexity index is 1680. The number of rotatable bonds is 5. The van der Waals surface area contributed by atoms with E-state index in [0.29, 0.717) is 5.82 Å². The molecule has 6 aromatic rings. The minimum Gasteiger partial charge on any atom is -0.337 e. The molecule has 5 aromatic heterocycles. The number of H-pyrrole nitrogens is 2. The van der Waals surface area contributed by atoms with E-state index in [4.69, 9.17) is 4.98 Å². The zero-order valence-electron chi connectivity index (χ0n) is 19.6. The largest absolute Gasteiger partial charge is 0.337 e. The van der Waals surface area contributed by atoms with Crippen LogP contribution in [0.5, 0.6) is 0 Å². The van der Waals surface area contributed by atoms with Crippen LogP contribution < -0.4 is 0 Å². The first-order valence-electron chi connectivity index (χ1n) is 12.2. The number of hydrogen-bond acceptors (Lipinski definition) is 6. The van der Waals surface area contributed by atoms with Crippen molar-refractivity contribution in [3.05, 3.63) is 79.0 Å². The van der Waals surface area contributed by atoms with Crippen molar-refractivity contribution in [2.24, 2.45) is 0 Å². The molecule has 0 atom stereocenters. The molecule has 1 aliphatic heterocycles. The molecular formula is C28H24N8. The van der Waals surface area contributed by atoms with E-state index in [1.807, 2.05) is 42.9 Å². The molecule has 8 nitrogen and oxygen atoms in total. The fourth-order valence-corrected chi connectivity index (χ4v) is 5.08. The molecule has 1 aliphatic rings. The van der Waals surface area contributed by atoms with Crippen molar-refractivity contribution in [1.29, 1.82) is 0 Å². The number of para-hydroxylation sites is 1. The van der Waals surface area contributed by atoms with Crippen LogP contribution >= 0.6 is 0 Å². The second kappa shape index (κ2) is 8.66. The molecule has 6 heterocycles. The number of hydrogen-bond donors (Lipinski definition) is 2. The van der Waals surface area contributed by atoms with Gasteiger partial charge in [0.2, 0.25) is 0 Å². The number of pyridine rings is 3. The Kier molecular flexibility index (Phi) is 5.03. The molecule has 7 rings (SSSR count). The van der Waals surface area contributed by atoms with E-state index in [1.54, 1.807) is 12.4 Å². The Morgan fingerprint density at radius 3 is 2.61 bits per heavy atom. The summed E-state index contributed by atoms with van der Waals surface area (Å²) in [5.74, 6) is 0.706. The number of imidazole rings is 1. The van der Waals surface area contributed by atoms with Gasteiger partial charge >= 0.3 is 0 Å². The highest BCUT2D eigenvalue weighted by atomic mass is 15.2. The minimum atomic E-state index is 0.706. The maximum Gasteiger partial charge on any atom is 0.159 e. The summed E-state index contributed by atoms with van der Waals surface area (Å²) in [5, 5.41) is 8.55. The summed E-state index contributed by atoms with van der Waals surface area (Å²) in [6.45, 7) is 3.26. The van der Waals surface area contributed by atoms with Gasteiger partial charge in [0.05, 0.1) is 16.4 Å². The third-order valence-electron chi connectivity index (χ3n) is 6.88. The molecule has 0 saturated carbocycles. The fraction of sp³-hybridized carbons (Fsp3) is 0.179. The molecule has 8 heteroatoms. The van der Waals surface area contributed by atoms with Crippen LogP contribution in [0.25, 0.3) is 55.8 Å². The molecule has 0 unspecified atom stereocenters. The summed E-state index contributed by atoms with van der Waals surface area (Å²) in [7, 11) is 0. The van der Waals surface area contributed by atoms with Crippen molar-refractivity contribution < 1.29 is 0 Å². The summed E-state index contributed by atoms with van der Waals surface area (Å²) in [6.07, 6.45) is 11.9. The molecule has 0 bridgehead atoms. The van der Waals surface area contributed by atoms with E-state index < -0.39 is 0 Å². The molecular weight excluding hydrogens is 448 g/mol. The van der Waals surface area contributed by atoms with Gasteiger partial charge in [-0.05, 0) is 67.4 Å². The molecule has 0 aliphatic carbocycles. The van der Waals surface area contributed by atoms with Crippen molar-refractivity contribution in [1.82, 2.24) is 40.0 Å². The Balaban J connectivity index is 1.28. The van der Waals surface area contributed by atoms with E-state index >= 15 is 0 Å². The highest BCUT2D eigenvalue weighted by molar-refractivity contribution is 5.97. The third kappa shape index (κ3) is 3.72. The van der Waals surface area contributed by atoms with Crippen LogP contribution in [0.15, 0.2) is 73.4 Å². The number of nitrogens with zero attached hydrogens (tertiary/aromatic N) is 6. The predicted octanol–water partition coefficient (Wildman–Crippen LogP) is 5.22. The number of likely N-dealkylation sites (tertiary alicyclic amines) is 1. The number of aromatic nitrogens is 7. The summed E-state index contributed by atoms with van der Waals surface area (Å²) in [5.41, 5.74) is 8.75. The fourth-order valence-electron chi connectivity index (χ4n) is 5.08. The molecule has 0 radical (unpaired) electrons. The lowest BCUT2D eigenvalue weighted by Crippen LogP contribution is -2.18. The number of fused-ring (bicyclic) bond motifs is 2. The zero-order valence-corrected chi connectivity index (χ0v) is 19.6. The first kappa shape index (κ1) is 20.9. The highest BCUT2D eigenvalue weighted by Crippen LogP contribution is 2.32. The molecule has 0 amide bonds. The lowest BCUT2D eigenvalue weighted by Gasteiger charge is -2.14. The van der Waals surface area contributed by atoms with Crippen molar-refractivity contribution in [3.8, 4) is 33.8 Å². The Morgan fingerprint density at radius 1 is 0.861 bits per heavy atom. The van der Waals surface area contributed by atoms with Crippen LogP contribution in [0.4, 0.5) is 0 Å². The summed E-state index contributed by atoms with van der Waals surface area (Å²) < 4.78 is 0. The third-order valence-corrected chi connectivity index (χ3v) is 6.88. The second-order valence-corrected chi connectivity index (χ2v) is 9.28. The van der Waals surface area contributed by atoms with Crippen LogP contribution in [0.2, 0.25) is 0 Å². The van der Waals surface area contributed by atoms with Gasteiger partial charge in [-0.3, -0.25) is 20.0 Å². The first-order valence-corrected chi connectivity index (χ1v) is 12.2. The van der Waals surface area contributed by atoms with Gasteiger partial charge in [0, 0.05) is 54.2 Å². The average molecular weight is 473 g/mol. The average Bonchev–Trinajstić information content (AvgIpc) is 3.68. The Hall–Kier alpha value is -4.43. The highest BCUT2D eigenvalue weighted by Gasteiger charge is 2.17. The predicted molar refractivity (Wildman–Crippen MR) is 140 cm³/mol. The van der Waals surface area contributed by atoms with E-state index in [9.17, 15) is 0 Å². The maximum absolute atomic E-state index is 4.95. The second-order valence-electron chi connectivity index (χ2n) is 9.28. The monoisotopic (exact) mass is 472 g/mol. The van der Waals surface area contributed by atoms with Crippen LogP contribution in [0, 0.1) is 0 Å². The van der Waals surface area contributed by atoms with E-state index in [-0.39, 0.29) is 0 Å². The smallest absolute Gasteiger partial charge is 0.159 e. The summed E-state index contributed by atoms with van der Waals surface area (Å²) in [4.78, 5) is 24.2. The van der Waals surface area contributed by atoms with Crippen LogP contribution in [0.1, 0.15) is 18.4 Å². The van der Waals surface area contributed by atoms with Crippen LogP contribution in [-0.2, 0) is 6.54 Å². The number of benzene rings is 1. The molecule has 36 heavy (non-hydrogen) atoms. The molecule has 1 fully saturated rings. The van der Waals surface area contributed by atoms with Gasteiger partial charge in [-0.2, -0.15) is 5.10 Å². The van der Waals surface area contributed by atoms with Gasteiger partial charge in [-0.1, -0.05) is 12.1 Å². The van der Waals surface area contributed by atoms with E-state index in [0.717, 1.165) is 69.6 Å². The number of aromatic amines is 2. The molecule has 176 valence electrons. The summed E-state index contributed by atoms with van der Waals surface area (Å²) >= 11 is 0. The first-order chi connectivity index (χ1) is 17.8. The Labute approximate surface area is 207 Å². The van der Waals surface area contributed by atoms with Crippen molar-refractivity contribution in [2.75, 3.05) is 13.1 Å². The number of nitrogens with one attached hydrogen (secondary N) is 2. The van der Waals surface area contributed by atoms with Gasteiger partial charge < -0.3 is 4.98 Å². The molecule has 0 spiro atoms. The van der Waals surface area contributed by atoms with E-state index in [1.165, 1.54) is 18.4 Å². The quantitative estimate of drug-likeness (QED) is 0.357. The molecule has 1 aromatic carbocycles. The van der Waals surface area contributed by atoms with Crippen LogP contribution in [0.3, 0.4) is 0 Å². The SMILES string of the molecule is c1cc(-c2ccncc2)c2nc(-c3n[nH]c4ncc(-c5cncc(CN6CCCC6)c5)cc34)[nH]c2c1. The van der Waals surface area contributed by atoms with Gasteiger partial charge in [0.1, 0.15) is 5.69 Å². The zero-order chi connectivity index (χ0) is 23.9. The lowest BCUT2D eigenvalue weighted by atomic mass is 10.1. The standard InChI is InChI=1S/C28H24N8/c1-2-11-36(10-1)17-18-12-20(15-30-14-18)21-13-23-26(34-35-27(23)31-16-21)28-32-24-5-3-4-22(25(24)33-28)19-6-8-29-9-7-19/h3-9,12-16H,1-2,10-11,17H2,(H,32,33)(H,31,34,35). The normalized spacial score (nSPS) is 14.2. The van der Waals surface area contributed by atoms with Gasteiger partial charge in [0.25, 0.3) is 0 Å². The van der Waals surface area contributed by atoms with Crippen molar-refractivity contribution in [2.45, 2.75) is 19.4 Å². The van der Waals surface area contributed by atoms with Crippen LogP contribution in [-0.4, -0.2) is 53.1 Å². The lowest BCUT2D eigenvalue weighted by molar-refractivity contribution is 0.331. The molecule has 2 N–H and O–H groups in total. The summed E-state index contributed by atoms with van der Waals surface area (Å²) in [6, 6.07) is 14.5. The van der Waals surface area contributed by atoms with E-state index in [2.05, 4.69) is 53.2 Å².